The average molecular weight is 285 g/mol. The topological polar surface area (TPSA) is 75.4 Å². The molecule has 0 bridgehead atoms. The Labute approximate surface area is 115 Å². The fraction of sp³-hybridized carbons (Fsp3) is 0.538. The predicted molar refractivity (Wildman–Crippen MR) is 80.2 cm³/mol. The van der Waals surface area contributed by atoms with Gasteiger partial charge in [0.05, 0.1) is 16.3 Å². The number of anilines is 2. The van der Waals surface area contributed by atoms with E-state index in [1.54, 1.807) is 12.1 Å². The second-order valence-corrected chi connectivity index (χ2v) is 7.11. The van der Waals surface area contributed by atoms with Crippen molar-refractivity contribution in [2.75, 3.05) is 37.9 Å². The zero-order valence-corrected chi connectivity index (χ0v) is 12.8. The molecule has 0 fully saturated rings. The van der Waals surface area contributed by atoms with Gasteiger partial charge >= 0.3 is 0 Å². The van der Waals surface area contributed by atoms with Crippen LogP contribution >= 0.6 is 0 Å². The number of rotatable bonds is 6. The van der Waals surface area contributed by atoms with E-state index in [0.29, 0.717) is 11.4 Å². The molecule has 1 aromatic rings. The quantitative estimate of drug-likeness (QED) is 0.773. The van der Waals surface area contributed by atoms with Gasteiger partial charge in [0.1, 0.15) is 0 Å². The molecule has 0 saturated carbocycles. The van der Waals surface area contributed by atoms with Gasteiger partial charge < -0.3 is 16.0 Å². The summed E-state index contributed by atoms with van der Waals surface area (Å²) in [5.41, 5.74) is 6.89. The molecule has 0 amide bonds. The highest BCUT2D eigenvalue weighted by Gasteiger charge is 2.15. The molecule has 1 atom stereocenters. The second-order valence-electron chi connectivity index (χ2n) is 5.13. The third-order valence-electron chi connectivity index (χ3n) is 2.88. The number of benzene rings is 1. The molecule has 0 radical (unpaired) electrons. The Kier molecular flexibility index (Phi) is 5.20. The lowest BCUT2D eigenvalue weighted by molar-refractivity contribution is 0.390. The number of hydrogen-bond acceptors (Lipinski definition) is 5. The zero-order chi connectivity index (χ0) is 14.6. The Morgan fingerprint density at radius 3 is 2.53 bits per heavy atom. The van der Waals surface area contributed by atoms with E-state index in [1.807, 2.05) is 14.1 Å². The van der Waals surface area contributed by atoms with E-state index in [9.17, 15) is 8.42 Å². The number of nitrogens with two attached hydrogens (primary N) is 1. The Morgan fingerprint density at radius 2 is 2.00 bits per heavy atom. The second kappa shape index (κ2) is 6.25. The van der Waals surface area contributed by atoms with E-state index in [2.05, 4.69) is 17.1 Å². The summed E-state index contributed by atoms with van der Waals surface area (Å²) in [4.78, 5) is 2.28. The van der Waals surface area contributed by atoms with Crippen molar-refractivity contribution in [3.05, 3.63) is 18.2 Å². The maximum absolute atomic E-state index is 11.6. The number of para-hydroxylation sites is 1. The molecule has 0 aliphatic carbocycles. The molecule has 19 heavy (non-hydrogen) atoms. The van der Waals surface area contributed by atoms with Gasteiger partial charge in [0, 0.05) is 12.3 Å². The Balaban J connectivity index is 2.85. The van der Waals surface area contributed by atoms with Crippen molar-refractivity contribution >= 4 is 21.2 Å². The van der Waals surface area contributed by atoms with E-state index in [-0.39, 0.29) is 10.9 Å². The molecule has 1 unspecified atom stereocenters. The minimum atomic E-state index is -3.29. The van der Waals surface area contributed by atoms with Gasteiger partial charge in [-0.2, -0.15) is 0 Å². The smallest absolute Gasteiger partial charge is 0.177 e. The van der Waals surface area contributed by atoms with Crippen molar-refractivity contribution in [3.8, 4) is 0 Å². The Hall–Kier alpha value is -1.27. The summed E-state index contributed by atoms with van der Waals surface area (Å²) in [7, 11) is 0.748. The van der Waals surface area contributed by atoms with Gasteiger partial charge in [-0.15, -0.1) is 0 Å². The van der Waals surface area contributed by atoms with Crippen molar-refractivity contribution in [2.24, 2.45) is 0 Å². The van der Waals surface area contributed by atoms with E-state index >= 15 is 0 Å². The molecule has 1 rings (SSSR count). The van der Waals surface area contributed by atoms with Crippen LogP contribution in [-0.4, -0.2) is 46.3 Å². The lowest BCUT2D eigenvalue weighted by Crippen LogP contribution is -2.23. The van der Waals surface area contributed by atoms with Gasteiger partial charge in [0.15, 0.2) is 9.84 Å². The number of sulfone groups is 1. The van der Waals surface area contributed by atoms with E-state index in [1.165, 1.54) is 6.07 Å². The van der Waals surface area contributed by atoms with Crippen molar-refractivity contribution in [3.63, 3.8) is 0 Å². The average Bonchev–Trinajstić information content (AvgIpc) is 2.27. The third kappa shape index (κ3) is 4.72. The molecule has 1 aromatic carbocycles. The molecule has 0 saturated heterocycles. The highest BCUT2D eigenvalue weighted by molar-refractivity contribution is 7.90. The fourth-order valence-corrected chi connectivity index (χ4v) is 2.62. The zero-order valence-electron chi connectivity index (χ0n) is 12.0. The largest absolute Gasteiger partial charge is 0.396 e. The molecule has 6 heteroatoms. The number of hydrogen-bond donors (Lipinski definition) is 2. The number of nitrogen functional groups attached to an aromatic ring is 1. The normalized spacial score (nSPS) is 13.5. The van der Waals surface area contributed by atoms with Gasteiger partial charge in [-0.1, -0.05) is 6.07 Å². The Morgan fingerprint density at radius 1 is 1.37 bits per heavy atom. The van der Waals surface area contributed by atoms with Gasteiger partial charge in [-0.05, 0) is 46.1 Å². The molecule has 5 nitrogen and oxygen atoms in total. The molecule has 3 N–H and O–H groups in total. The van der Waals surface area contributed by atoms with Crippen molar-refractivity contribution < 1.29 is 8.42 Å². The van der Waals surface area contributed by atoms with Crippen LogP contribution in [0.15, 0.2) is 23.1 Å². The minimum absolute atomic E-state index is 0.178. The van der Waals surface area contributed by atoms with Crippen LogP contribution in [0, 0.1) is 0 Å². The summed E-state index contributed by atoms with van der Waals surface area (Å²) >= 11 is 0. The van der Waals surface area contributed by atoms with E-state index in [0.717, 1.165) is 19.2 Å². The monoisotopic (exact) mass is 285 g/mol. The first-order chi connectivity index (χ1) is 8.71. The summed E-state index contributed by atoms with van der Waals surface area (Å²) < 4.78 is 23.2. The first-order valence-electron chi connectivity index (χ1n) is 6.21. The van der Waals surface area contributed by atoms with Crippen LogP contribution in [0.25, 0.3) is 0 Å². The summed E-state index contributed by atoms with van der Waals surface area (Å²) in [5, 5.41) is 3.26. The number of nitrogens with one attached hydrogen (secondary N) is 1. The molecular formula is C13H23N3O2S. The third-order valence-corrected chi connectivity index (χ3v) is 4.03. The first kappa shape index (κ1) is 15.8. The van der Waals surface area contributed by atoms with Crippen LogP contribution in [0.2, 0.25) is 0 Å². The highest BCUT2D eigenvalue weighted by atomic mass is 32.2. The van der Waals surface area contributed by atoms with Crippen molar-refractivity contribution in [1.82, 2.24) is 4.90 Å². The van der Waals surface area contributed by atoms with Crippen LogP contribution in [0.5, 0.6) is 0 Å². The van der Waals surface area contributed by atoms with Crippen LogP contribution in [0.1, 0.15) is 13.3 Å². The van der Waals surface area contributed by atoms with Gasteiger partial charge in [0.25, 0.3) is 0 Å². The minimum Gasteiger partial charge on any atom is -0.396 e. The van der Waals surface area contributed by atoms with Crippen molar-refractivity contribution in [1.29, 1.82) is 0 Å². The summed E-state index contributed by atoms with van der Waals surface area (Å²) in [6.45, 7) is 3.01. The van der Waals surface area contributed by atoms with Gasteiger partial charge in [-0.25, -0.2) is 8.42 Å². The predicted octanol–water partition coefficient (Wildman–Crippen LogP) is 1.42. The lowest BCUT2D eigenvalue weighted by Gasteiger charge is -2.19. The lowest BCUT2D eigenvalue weighted by atomic mass is 10.2. The molecule has 0 heterocycles. The van der Waals surface area contributed by atoms with Crippen LogP contribution in [0.3, 0.4) is 0 Å². The van der Waals surface area contributed by atoms with Crippen LogP contribution in [-0.2, 0) is 9.84 Å². The van der Waals surface area contributed by atoms with Gasteiger partial charge in [-0.3, -0.25) is 0 Å². The molecule has 0 aliphatic heterocycles. The maximum Gasteiger partial charge on any atom is 0.177 e. The van der Waals surface area contributed by atoms with E-state index in [4.69, 9.17) is 5.73 Å². The first-order valence-corrected chi connectivity index (χ1v) is 8.10. The van der Waals surface area contributed by atoms with Crippen molar-refractivity contribution in [2.45, 2.75) is 24.3 Å². The molecule has 0 aliphatic rings. The highest BCUT2D eigenvalue weighted by Crippen LogP contribution is 2.27. The summed E-state index contributed by atoms with van der Waals surface area (Å²) in [6, 6.07) is 5.25. The maximum atomic E-state index is 11.6. The standard InChI is InChI=1S/C13H23N3O2S/c1-10(8-9-16(2)3)15-11-6-5-7-12(13(11)14)19(4,17)18/h5-7,10,15H,8-9,14H2,1-4H3. The summed E-state index contributed by atoms with van der Waals surface area (Å²) in [6.07, 6.45) is 2.12. The molecule has 108 valence electrons. The fourth-order valence-electron chi connectivity index (χ4n) is 1.78. The van der Waals surface area contributed by atoms with E-state index < -0.39 is 9.84 Å². The Bertz CT molecular complexity index is 527. The summed E-state index contributed by atoms with van der Waals surface area (Å²) in [5.74, 6) is 0. The molecule has 0 spiro atoms. The molecular weight excluding hydrogens is 262 g/mol. The SMILES string of the molecule is CC(CCN(C)C)Nc1cccc(S(C)(=O)=O)c1N. The van der Waals surface area contributed by atoms with Crippen LogP contribution < -0.4 is 11.1 Å². The van der Waals surface area contributed by atoms with Gasteiger partial charge in [0.2, 0.25) is 0 Å². The molecule has 0 aromatic heterocycles. The number of nitrogens with zero attached hydrogens (tertiary/aromatic N) is 1. The van der Waals surface area contributed by atoms with Crippen LogP contribution in [0.4, 0.5) is 11.4 Å².